The first kappa shape index (κ1) is 15.5. The number of benzene rings is 1. The predicted molar refractivity (Wildman–Crippen MR) is 77.9 cm³/mol. The van der Waals surface area contributed by atoms with Crippen molar-refractivity contribution in [3.8, 4) is 0 Å². The van der Waals surface area contributed by atoms with Crippen LogP contribution in [0.1, 0.15) is 39.2 Å². The van der Waals surface area contributed by atoms with Crippen LogP contribution in [0.5, 0.6) is 0 Å². The molecule has 5 heteroatoms. The molecular formula is C16H21FN2O2. The van der Waals surface area contributed by atoms with E-state index in [1.165, 1.54) is 12.1 Å². The lowest BCUT2D eigenvalue weighted by atomic mass is 9.94. The first-order valence-corrected chi connectivity index (χ1v) is 7.22. The molecule has 2 rings (SSSR count). The van der Waals surface area contributed by atoms with Gasteiger partial charge in [-0.15, -0.1) is 0 Å². The Balaban J connectivity index is 2.27. The van der Waals surface area contributed by atoms with Crippen molar-refractivity contribution in [2.75, 3.05) is 0 Å². The summed E-state index contributed by atoms with van der Waals surface area (Å²) >= 11 is 0. The van der Waals surface area contributed by atoms with E-state index in [0.717, 1.165) is 12.0 Å². The van der Waals surface area contributed by atoms with Gasteiger partial charge in [-0.1, -0.05) is 25.5 Å². The zero-order valence-electron chi connectivity index (χ0n) is 12.6. The lowest BCUT2D eigenvalue weighted by Crippen LogP contribution is -2.67. The Kier molecular flexibility index (Phi) is 4.30. The highest BCUT2D eigenvalue weighted by molar-refractivity contribution is 5.99. The number of carbonyl (C=O) groups excluding carboxylic acids is 2. The Bertz CT molecular complexity index is 540. The van der Waals surface area contributed by atoms with Gasteiger partial charge in [0.1, 0.15) is 17.4 Å². The van der Waals surface area contributed by atoms with Crippen molar-refractivity contribution in [1.29, 1.82) is 0 Å². The molecule has 4 nitrogen and oxygen atoms in total. The van der Waals surface area contributed by atoms with E-state index in [1.807, 2.05) is 6.92 Å². The van der Waals surface area contributed by atoms with Gasteiger partial charge in [-0.05, 0) is 38.0 Å². The maximum atomic E-state index is 13.0. The van der Waals surface area contributed by atoms with Crippen molar-refractivity contribution in [1.82, 2.24) is 10.2 Å². The molecule has 1 saturated heterocycles. The van der Waals surface area contributed by atoms with Crippen molar-refractivity contribution in [2.45, 2.75) is 51.7 Å². The molecule has 1 fully saturated rings. The number of hydrogen-bond acceptors (Lipinski definition) is 2. The maximum absolute atomic E-state index is 13.0. The fourth-order valence-corrected chi connectivity index (χ4v) is 2.62. The minimum absolute atomic E-state index is 0.107. The lowest BCUT2D eigenvalue weighted by molar-refractivity contribution is -0.154. The smallest absolute Gasteiger partial charge is 0.248 e. The molecule has 0 aromatic heterocycles. The molecule has 1 aromatic carbocycles. The normalized spacial score (nSPS) is 21.3. The first-order chi connectivity index (χ1) is 9.85. The SMILES string of the molecule is CCCC1C(=O)NC(C)(C)C(=O)N1Cc1ccc(F)cc1. The Hall–Kier alpha value is -1.91. The molecule has 0 aliphatic carbocycles. The summed E-state index contributed by atoms with van der Waals surface area (Å²) in [5.74, 6) is -0.541. The van der Waals surface area contributed by atoms with Crippen LogP contribution in [0.2, 0.25) is 0 Å². The molecule has 0 radical (unpaired) electrons. The molecule has 1 aromatic rings. The molecule has 114 valence electrons. The molecular weight excluding hydrogens is 271 g/mol. The lowest BCUT2D eigenvalue weighted by Gasteiger charge is -2.43. The fraction of sp³-hybridized carbons (Fsp3) is 0.500. The summed E-state index contributed by atoms with van der Waals surface area (Å²) in [6.07, 6.45) is 1.43. The van der Waals surface area contributed by atoms with Gasteiger partial charge in [0, 0.05) is 6.54 Å². The van der Waals surface area contributed by atoms with E-state index in [-0.39, 0.29) is 17.6 Å². The molecule has 1 heterocycles. The highest BCUT2D eigenvalue weighted by Gasteiger charge is 2.44. The van der Waals surface area contributed by atoms with Gasteiger partial charge in [0.2, 0.25) is 11.8 Å². The number of amides is 2. The summed E-state index contributed by atoms with van der Waals surface area (Å²) in [7, 11) is 0. The third-order valence-corrected chi connectivity index (χ3v) is 3.74. The summed E-state index contributed by atoms with van der Waals surface area (Å²) in [6.45, 7) is 5.70. The van der Waals surface area contributed by atoms with Crippen LogP contribution in [0.3, 0.4) is 0 Å². The Morgan fingerprint density at radius 2 is 1.86 bits per heavy atom. The molecule has 1 aliphatic rings. The molecule has 1 N–H and O–H groups in total. The zero-order chi connectivity index (χ0) is 15.6. The van der Waals surface area contributed by atoms with Gasteiger partial charge in [-0.25, -0.2) is 4.39 Å². The van der Waals surface area contributed by atoms with E-state index < -0.39 is 11.6 Å². The number of nitrogens with one attached hydrogen (secondary N) is 1. The standard InChI is InChI=1S/C16H21FN2O2/c1-4-5-13-14(20)18-16(2,3)15(21)19(13)10-11-6-8-12(17)9-7-11/h6-9,13H,4-5,10H2,1-3H3,(H,18,20). The van der Waals surface area contributed by atoms with Crippen molar-refractivity contribution in [3.63, 3.8) is 0 Å². The second kappa shape index (κ2) is 5.84. The number of rotatable bonds is 4. The van der Waals surface area contributed by atoms with Gasteiger partial charge in [-0.2, -0.15) is 0 Å². The van der Waals surface area contributed by atoms with Crippen molar-refractivity contribution in [2.24, 2.45) is 0 Å². The molecule has 21 heavy (non-hydrogen) atoms. The van der Waals surface area contributed by atoms with Crippen LogP contribution in [0.4, 0.5) is 4.39 Å². The molecule has 0 saturated carbocycles. The minimum Gasteiger partial charge on any atom is -0.340 e. The molecule has 1 aliphatic heterocycles. The van der Waals surface area contributed by atoms with Gasteiger partial charge in [0.15, 0.2) is 0 Å². The van der Waals surface area contributed by atoms with Crippen LogP contribution in [0.25, 0.3) is 0 Å². The summed E-state index contributed by atoms with van der Waals surface area (Å²) < 4.78 is 13.0. The number of halogens is 1. The second-order valence-electron chi connectivity index (χ2n) is 5.98. The molecule has 0 bridgehead atoms. The fourth-order valence-electron chi connectivity index (χ4n) is 2.62. The summed E-state index contributed by atoms with van der Waals surface area (Å²) in [5.41, 5.74) is -0.0854. The maximum Gasteiger partial charge on any atom is 0.248 e. The third kappa shape index (κ3) is 3.23. The van der Waals surface area contributed by atoms with E-state index in [4.69, 9.17) is 0 Å². The number of piperazine rings is 1. The minimum atomic E-state index is -0.901. The Labute approximate surface area is 124 Å². The van der Waals surface area contributed by atoms with Crippen molar-refractivity contribution in [3.05, 3.63) is 35.6 Å². The van der Waals surface area contributed by atoms with Crippen LogP contribution in [0.15, 0.2) is 24.3 Å². The van der Waals surface area contributed by atoms with Gasteiger partial charge < -0.3 is 10.2 Å². The second-order valence-corrected chi connectivity index (χ2v) is 5.98. The monoisotopic (exact) mass is 292 g/mol. The average molecular weight is 292 g/mol. The van der Waals surface area contributed by atoms with E-state index in [0.29, 0.717) is 13.0 Å². The van der Waals surface area contributed by atoms with Gasteiger partial charge >= 0.3 is 0 Å². The van der Waals surface area contributed by atoms with E-state index in [2.05, 4.69) is 5.32 Å². The first-order valence-electron chi connectivity index (χ1n) is 7.22. The summed E-state index contributed by atoms with van der Waals surface area (Å²) in [6, 6.07) is 5.56. The van der Waals surface area contributed by atoms with Crippen molar-refractivity contribution < 1.29 is 14.0 Å². The molecule has 0 spiro atoms. The topological polar surface area (TPSA) is 49.4 Å². The third-order valence-electron chi connectivity index (χ3n) is 3.74. The van der Waals surface area contributed by atoms with E-state index >= 15 is 0 Å². The Morgan fingerprint density at radius 1 is 1.24 bits per heavy atom. The molecule has 1 atom stereocenters. The summed E-state index contributed by atoms with van der Waals surface area (Å²) in [4.78, 5) is 26.4. The van der Waals surface area contributed by atoms with Crippen LogP contribution in [-0.2, 0) is 16.1 Å². The average Bonchev–Trinajstić information content (AvgIpc) is 2.42. The summed E-state index contributed by atoms with van der Waals surface area (Å²) in [5, 5.41) is 2.78. The highest BCUT2D eigenvalue weighted by atomic mass is 19.1. The molecule has 1 unspecified atom stereocenters. The van der Waals surface area contributed by atoms with E-state index in [9.17, 15) is 14.0 Å². The van der Waals surface area contributed by atoms with Gasteiger partial charge in [0.25, 0.3) is 0 Å². The van der Waals surface area contributed by atoms with Crippen molar-refractivity contribution >= 4 is 11.8 Å². The van der Waals surface area contributed by atoms with Gasteiger partial charge in [-0.3, -0.25) is 9.59 Å². The van der Waals surface area contributed by atoms with Crippen LogP contribution in [0, 0.1) is 5.82 Å². The van der Waals surface area contributed by atoms with Gasteiger partial charge in [0.05, 0.1) is 0 Å². The predicted octanol–water partition coefficient (Wildman–Crippen LogP) is 2.23. The highest BCUT2D eigenvalue weighted by Crippen LogP contribution is 2.23. The van der Waals surface area contributed by atoms with E-state index in [1.54, 1.807) is 30.9 Å². The number of carbonyl (C=O) groups is 2. The number of nitrogens with zero attached hydrogens (tertiary/aromatic N) is 1. The number of hydrogen-bond donors (Lipinski definition) is 1. The zero-order valence-corrected chi connectivity index (χ0v) is 12.6. The largest absolute Gasteiger partial charge is 0.340 e. The van der Waals surface area contributed by atoms with Crippen LogP contribution < -0.4 is 5.32 Å². The Morgan fingerprint density at radius 3 is 2.43 bits per heavy atom. The molecule has 2 amide bonds. The van der Waals surface area contributed by atoms with Crippen LogP contribution in [-0.4, -0.2) is 28.3 Å². The quantitative estimate of drug-likeness (QED) is 0.925. The van der Waals surface area contributed by atoms with Crippen LogP contribution >= 0.6 is 0 Å².